The number of H-pyrrole nitrogens is 1. The SMILES string of the molecule is O=C(C1=COCC1)N1CCCC(c2ccn[nH]2)C1. The van der Waals surface area contributed by atoms with Crippen LogP contribution in [-0.2, 0) is 9.53 Å². The topological polar surface area (TPSA) is 58.2 Å². The van der Waals surface area contributed by atoms with Crippen LogP contribution in [0, 0.1) is 0 Å². The molecule has 2 aliphatic heterocycles. The number of amides is 1. The number of rotatable bonds is 2. The summed E-state index contributed by atoms with van der Waals surface area (Å²) < 4.78 is 5.14. The predicted molar refractivity (Wildman–Crippen MR) is 65.8 cm³/mol. The zero-order chi connectivity index (χ0) is 12.4. The van der Waals surface area contributed by atoms with E-state index in [0.717, 1.165) is 43.6 Å². The second kappa shape index (κ2) is 4.84. The van der Waals surface area contributed by atoms with Crippen molar-refractivity contribution in [2.45, 2.75) is 25.2 Å². The molecule has 1 amide bonds. The van der Waals surface area contributed by atoms with E-state index in [1.165, 1.54) is 0 Å². The molecule has 1 aromatic heterocycles. The molecule has 5 nitrogen and oxygen atoms in total. The Morgan fingerprint density at radius 3 is 3.22 bits per heavy atom. The molecule has 0 bridgehead atoms. The maximum atomic E-state index is 12.3. The third kappa shape index (κ3) is 2.12. The number of nitrogens with one attached hydrogen (secondary N) is 1. The number of aromatic nitrogens is 2. The van der Waals surface area contributed by atoms with Crippen LogP contribution in [0.15, 0.2) is 24.1 Å². The number of likely N-dealkylation sites (tertiary alicyclic amines) is 1. The highest BCUT2D eigenvalue weighted by molar-refractivity contribution is 5.93. The minimum atomic E-state index is 0.136. The maximum absolute atomic E-state index is 12.3. The van der Waals surface area contributed by atoms with Gasteiger partial charge in [-0.25, -0.2) is 0 Å². The highest BCUT2D eigenvalue weighted by Crippen LogP contribution is 2.27. The third-order valence-corrected chi connectivity index (χ3v) is 3.66. The minimum absolute atomic E-state index is 0.136. The fourth-order valence-electron chi connectivity index (χ4n) is 2.66. The van der Waals surface area contributed by atoms with Gasteiger partial charge in [0, 0.05) is 37.3 Å². The molecule has 96 valence electrons. The van der Waals surface area contributed by atoms with Crippen LogP contribution in [0.25, 0.3) is 0 Å². The van der Waals surface area contributed by atoms with Crippen LogP contribution in [0.4, 0.5) is 0 Å². The third-order valence-electron chi connectivity index (χ3n) is 3.66. The summed E-state index contributed by atoms with van der Waals surface area (Å²) in [6, 6.07) is 2.00. The summed E-state index contributed by atoms with van der Waals surface area (Å²) >= 11 is 0. The van der Waals surface area contributed by atoms with Gasteiger partial charge in [-0.05, 0) is 18.9 Å². The van der Waals surface area contributed by atoms with Gasteiger partial charge in [-0.15, -0.1) is 0 Å². The monoisotopic (exact) mass is 247 g/mol. The Labute approximate surface area is 106 Å². The maximum Gasteiger partial charge on any atom is 0.253 e. The van der Waals surface area contributed by atoms with E-state index in [9.17, 15) is 4.79 Å². The molecule has 2 aliphatic rings. The van der Waals surface area contributed by atoms with Crippen LogP contribution in [0.2, 0.25) is 0 Å². The molecule has 5 heteroatoms. The van der Waals surface area contributed by atoms with Gasteiger partial charge in [-0.2, -0.15) is 5.10 Å². The summed E-state index contributed by atoms with van der Waals surface area (Å²) in [6.45, 7) is 2.26. The lowest BCUT2D eigenvalue weighted by atomic mass is 9.94. The lowest BCUT2D eigenvalue weighted by Gasteiger charge is -2.32. The van der Waals surface area contributed by atoms with E-state index in [0.29, 0.717) is 12.5 Å². The van der Waals surface area contributed by atoms with Crippen LogP contribution >= 0.6 is 0 Å². The number of carbonyl (C=O) groups is 1. The number of carbonyl (C=O) groups excluding carboxylic acids is 1. The van der Waals surface area contributed by atoms with Gasteiger partial charge in [-0.1, -0.05) is 0 Å². The van der Waals surface area contributed by atoms with Crippen molar-refractivity contribution in [1.29, 1.82) is 0 Å². The Morgan fingerprint density at radius 1 is 1.56 bits per heavy atom. The standard InChI is InChI=1S/C13H17N3O2/c17-13(11-4-7-18-9-11)16-6-1-2-10(8-16)12-3-5-14-15-12/h3,5,9-10H,1-2,4,6-8H2,(H,14,15). The quantitative estimate of drug-likeness (QED) is 0.859. The highest BCUT2D eigenvalue weighted by atomic mass is 16.5. The number of hydrogen-bond donors (Lipinski definition) is 1. The number of hydrogen-bond acceptors (Lipinski definition) is 3. The Kier molecular flexibility index (Phi) is 3.04. The van der Waals surface area contributed by atoms with Gasteiger partial charge < -0.3 is 9.64 Å². The number of nitrogens with zero attached hydrogens (tertiary/aromatic N) is 2. The second-order valence-electron chi connectivity index (χ2n) is 4.87. The van der Waals surface area contributed by atoms with Gasteiger partial charge in [0.1, 0.15) is 0 Å². The molecule has 1 N–H and O–H groups in total. The molecule has 1 saturated heterocycles. The predicted octanol–water partition coefficient (Wildman–Crippen LogP) is 1.42. The van der Waals surface area contributed by atoms with Crippen molar-refractivity contribution in [2.24, 2.45) is 0 Å². The van der Waals surface area contributed by atoms with Gasteiger partial charge in [0.15, 0.2) is 0 Å². The molecule has 18 heavy (non-hydrogen) atoms. The van der Waals surface area contributed by atoms with Crippen LogP contribution in [0.1, 0.15) is 30.9 Å². The lowest BCUT2D eigenvalue weighted by molar-refractivity contribution is -0.128. The zero-order valence-electron chi connectivity index (χ0n) is 10.3. The molecule has 1 aromatic rings. The number of aromatic amines is 1. The van der Waals surface area contributed by atoms with E-state index in [2.05, 4.69) is 10.2 Å². The van der Waals surface area contributed by atoms with Gasteiger partial charge in [0.25, 0.3) is 5.91 Å². The van der Waals surface area contributed by atoms with Crippen molar-refractivity contribution in [3.63, 3.8) is 0 Å². The van der Waals surface area contributed by atoms with Gasteiger partial charge >= 0.3 is 0 Å². The highest BCUT2D eigenvalue weighted by Gasteiger charge is 2.28. The Morgan fingerprint density at radius 2 is 2.50 bits per heavy atom. The van der Waals surface area contributed by atoms with E-state index in [1.54, 1.807) is 12.5 Å². The first-order chi connectivity index (χ1) is 8.84. The fraction of sp³-hybridized carbons (Fsp3) is 0.538. The molecule has 3 rings (SSSR count). The molecule has 3 heterocycles. The van der Waals surface area contributed by atoms with Crippen molar-refractivity contribution in [1.82, 2.24) is 15.1 Å². The number of piperidine rings is 1. The van der Waals surface area contributed by atoms with Crippen LogP contribution in [-0.4, -0.2) is 40.7 Å². The Hall–Kier alpha value is -1.78. The average molecular weight is 247 g/mol. The molecular weight excluding hydrogens is 230 g/mol. The second-order valence-corrected chi connectivity index (χ2v) is 4.87. The largest absolute Gasteiger partial charge is 0.500 e. The molecule has 0 aliphatic carbocycles. The van der Waals surface area contributed by atoms with Crippen molar-refractivity contribution in [3.8, 4) is 0 Å². The number of ether oxygens (including phenoxy) is 1. The molecular formula is C13H17N3O2. The van der Waals surface area contributed by atoms with Gasteiger partial charge in [0.05, 0.1) is 18.4 Å². The van der Waals surface area contributed by atoms with Gasteiger partial charge in [-0.3, -0.25) is 9.89 Å². The van der Waals surface area contributed by atoms with E-state index in [-0.39, 0.29) is 5.91 Å². The Balaban J connectivity index is 1.68. The summed E-state index contributed by atoms with van der Waals surface area (Å²) in [5.74, 6) is 0.518. The normalized spacial score (nSPS) is 23.7. The van der Waals surface area contributed by atoms with Crippen molar-refractivity contribution in [2.75, 3.05) is 19.7 Å². The van der Waals surface area contributed by atoms with Gasteiger partial charge in [0.2, 0.25) is 0 Å². The van der Waals surface area contributed by atoms with E-state index in [4.69, 9.17) is 4.74 Å². The first kappa shape index (κ1) is 11.3. The summed E-state index contributed by atoms with van der Waals surface area (Å²) in [5.41, 5.74) is 1.93. The average Bonchev–Trinajstić information content (AvgIpc) is 3.11. The Bertz CT molecular complexity index is 453. The summed E-state index contributed by atoms with van der Waals surface area (Å²) in [6.07, 6.45) is 6.28. The molecule has 0 radical (unpaired) electrons. The lowest BCUT2D eigenvalue weighted by Crippen LogP contribution is -2.39. The first-order valence-corrected chi connectivity index (χ1v) is 6.44. The van der Waals surface area contributed by atoms with Crippen LogP contribution < -0.4 is 0 Å². The molecule has 0 spiro atoms. The molecule has 1 atom stereocenters. The zero-order valence-corrected chi connectivity index (χ0v) is 10.3. The van der Waals surface area contributed by atoms with E-state index >= 15 is 0 Å². The molecule has 0 saturated carbocycles. The first-order valence-electron chi connectivity index (χ1n) is 6.44. The summed E-state index contributed by atoms with van der Waals surface area (Å²) in [5, 5.41) is 6.99. The molecule has 1 fully saturated rings. The van der Waals surface area contributed by atoms with Crippen LogP contribution in [0.3, 0.4) is 0 Å². The van der Waals surface area contributed by atoms with Crippen molar-refractivity contribution >= 4 is 5.91 Å². The minimum Gasteiger partial charge on any atom is -0.500 e. The summed E-state index contributed by atoms with van der Waals surface area (Å²) in [7, 11) is 0. The van der Waals surface area contributed by atoms with E-state index < -0.39 is 0 Å². The van der Waals surface area contributed by atoms with Crippen molar-refractivity contribution in [3.05, 3.63) is 29.8 Å². The fourth-order valence-corrected chi connectivity index (χ4v) is 2.66. The summed E-state index contributed by atoms with van der Waals surface area (Å²) in [4.78, 5) is 14.2. The molecule has 0 aromatic carbocycles. The smallest absolute Gasteiger partial charge is 0.253 e. The van der Waals surface area contributed by atoms with Crippen molar-refractivity contribution < 1.29 is 9.53 Å². The molecule has 1 unspecified atom stereocenters. The van der Waals surface area contributed by atoms with E-state index in [1.807, 2.05) is 11.0 Å². The van der Waals surface area contributed by atoms with Crippen LogP contribution in [0.5, 0.6) is 0 Å².